The molecule has 1 saturated carbocycles. The van der Waals surface area contributed by atoms with Gasteiger partial charge in [0.15, 0.2) is 0 Å². The zero-order valence-corrected chi connectivity index (χ0v) is 16.8. The molecule has 2 amide bonds. The van der Waals surface area contributed by atoms with Gasteiger partial charge >= 0.3 is 0 Å². The molecule has 0 unspecified atom stereocenters. The largest absolute Gasteiger partial charge is 0.339 e. The van der Waals surface area contributed by atoms with Crippen LogP contribution in [0.3, 0.4) is 0 Å². The lowest BCUT2D eigenvalue weighted by Gasteiger charge is -2.43. The molecule has 1 N–H and O–H groups in total. The molecule has 0 bridgehead atoms. The Morgan fingerprint density at radius 3 is 2.36 bits per heavy atom. The van der Waals surface area contributed by atoms with Crippen LogP contribution in [0.15, 0.2) is 18.5 Å². The molecule has 3 aliphatic rings. The molecular formula is C21H33N5O2. The number of hydrogen-bond donors (Lipinski definition) is 1. The number of nitrogens with one attached hydrogen (secondary N) is 1. The minimum absolute atomic E-state index is 0.163. The summed E-state index contributed by atoms with van der Waals surface area (Å²) >= 11 is 0. The zero-order chi connectivity index (χ0) is 19.4. The normalized spacial score (nSPS) is 23.1. The van der Waals surface area contributed by atoms with Crippen LogP contribution in [0.2, 0.25) is 0 Å². The molecular weight excluding hydrogens is 354 g/mol. The molecule has 1 aliphatic carbocycles. The number of aromatic nitrogens is 2. The number of carbonyl (C=O) groups is 2. The fraction of sp³-hybridized carbons (Fsp3) is 0.762. The number of piperidine rings is 1. The zero-order valence-electron chi connectivity index (χ0n) is 16.8. The van der Waals surface area contributed by atoms with Crippen molar-refractivity contribution in [2.24, 2.45) is 5.92 Å². The second-order valence-corrected chi connectivity index (χ2v) is 8.59. The molecule has 7 nitrogen and oxygen atoms in total. The third-order valence-electron chi connectivity index (χ3n) is 6.93. The second kappa shape index (κ2) is 8.64. The van der Waals surface area contributed by atoms with Crippen LogP contribution in [0.25, 0.3) is 0 Å². The lowest BCUT2D eigenvalue weighted by Crippen LogP contribution is -2.59. The summed E-state index contributed by atoms with van der Waals surface area (Å²) in [6.45, 7) is 4.22. The van der Waals surface area contributed by atoms with Gasteiger partial charge in [0.25, 0.3) is 5.91 Å². The van der Waals surface area contributed by atoms with Crippen LogP contribution in [0.5, 0.6) is 0 Å². The van der Waals surface area contributed by atoms with Crippen LogP contribution >= 0.6 is 0 Å². The topological polar surface area (TPSA) is 70.5 Å². The number of carbonyl (C=O) groups excluding carboxylic acids is 2. The number of piperazine rings is 1. The van der Waals surface area contributed by atoms with Gasteiger partial charge < -0.3 is 15.1 Å². The van der Waals surface area contributed by atoms with E-state index in [0.717, 1.165) is 38.3 Å². The summed E-state index contributed by atoms with van der Waals surface area (Å²) in [5.74, 6) is 1.18. The standard InChI is InChI=1S/C21H33N5O2/c27-19(7-6-18-4-1-2-5-18)24-14-16-25(17-15-24)20(28)21(8-11-22-12-9-21)26-13-3-10-23-26/h3,10,13,18,22H,1-2,4-9,11-12,14-17H2. The fourth-order valence-corrected chi connectivity index (χ4v) is 5.14. The van der Waals surface area contributed by atoms with Crippen LogP contribution in [0.1, 0.15) is 51.4 Å². The van der Waals surface area contributed by atoms with Crippen molar-refractivity contribution in [3.8, 4) is 0 Å². The number of amides is 2. The van der Waals surface area contributed by atoms with E-state index in [-0.39, 0.29) is 11.8 Å². The first-order chi connectivity index (χ1) is 13.7. The van der Waals surface area contributed by atoms with Crippen molar-refractivity contribution in [1.82, 2.24) is 24.9 Å². The molecule has 0 radical (unpaired) electrons. The van der Waals surface area contributed by atoms with E-state index in [0.29, 0.717) is 32.6 Å². The first kappa shape index (κ1) is 19.4. The van der Waals surface area contributed by atoms with Crippen molar-refractivity contribution in [1.29, 1.82) is 0 Å². The molecule has 0 aromatic carbocycles. The Balaban J connectivity index is 1.33. The number of rotatable bonds is 5. The maximum absolute atomic E-state index is 13.5. The molecule has 0 spiro atoms. The quantitative estimate of drug-likeness (QED) is 0.833. The van der Waals surface area contributed by atoms with E-state index >= 15 is 0 Å². The van der Waals surface area contributed by atoms with E-state index in [1.807, 2.05) is 26.7 Å². The van der Waals surface area contributed by atoms with Crippen LogP contribution in [-0.4, -0.2) is 70.7 Å². The molecule has 2 aliphatic heterocycles. The molecule has 3 heterocycles. The van der Waals surface area contributed by atoms with E-state index in [2.05, 4.69) is 10.4 Å². The van der Waals surface area contributed by atoms with E-state index in [1.54, 1.807) is 6.20 Å². The van der Waals surface area contributed by atoms with Crippen molar-refractivity contribution in [2.75, 3.05) is 39.3 Å². The highest BCUT2D eigenvalue weighted by molar-refractivity contribution is 5.85. The van der Waals surface area contributed by atoms with Crippen LogP contribution in [0.4, 0.5) is 0 Å². The third-order valence-corrected chi connectivity index (χ3v) is 6.93. The Morgan fingerprint density at radius 1 is 1.04 bits per heavy atom. The molecule has 0 atom stereocenters. The van der Waals surface area contributed by atoms with Gasteiger partial charge in [-0.3, -0.25) is 14.3 Å². The maximum Gasteiger partial charge on any atom is 0.250 e. The van der Waals surface area contributed by atoms with Crippen molar-refractivity contribution >= 4 is 11.8 Å². The van der Waals surface area contributed by atoms with E-state index in [4.69, 9.17) is 0 Å². The van der Waals surface area contributed by atoms with Crippen LogP contribution in [-0.2, 0) is 15.1 Å². The van der Waals surface area contributed by atoms with Gasteiger partial charge in [0.1, 0.15) is 5.54 Å². The lowest BCUT2D eigenvalue weighted by molar-refractivity contribution is -0.148. The van der Waals surface area contributed by atoms with Gasteiger partial charge in [-0.15, -0.1) is 0 Å². The Morgan fingerprint density at radius 2 is 1.71 bits per heavy atom. The predicted molar refractivity (Wildman–Crippen MR) is 107 cm³/mol. The Labute approximate surface area is 167 Å². The van der Waals surface area contributed by atoms with Gasteiger partial charge in [0.2, 0.25) is 5.91 Å². The van der Waals surface area contributed by atoms with E-state index < -0.39 is 5.54 Å². The third kappa shape index (κ3) is 3.95. The van der Waals surface area contributed by atoms with Crippen molar-refractivity contribution in [3.63, 3.8) is 0 Å². The van der Waals surface area contributed by atoms with Crippen LogP contribution in [0, 0.1) is 5.92 Å². The number of hydrogen-bond acceptors (Lipinski definition) is 4. The average Bonchev–Trinajstić information content (AvgIpc) is 3.46. The summed E-state index contributed by atoms with van der Waals surface area (Å²) < 4.78 is 1.86. The summed E-state index contributed by atoms with van der Waals surface area (Å²) in [7, 11) is 0. The van der Waals surface area contributed by atoms with Gasteiger partial charge in [-0.2, -0.15) is 5.10 Å². The first-order valence-electron chi connectivity index (χ1n) is 11.0. The van der Waals surface area contributed by atoms with E-state index in [1.165, 1.54) is 25.7 Å². The predicted octanol–water partition coefficient (Wildman–Crippen LogP) is 1.60. The maximum atomic E-state index is 13.5. The first-order valence-corrected chi connectivity index (χ1v) is 11.0. The van der Waals surface area contributed by atoms with Crippen LogP contribution < -0.4 is 5.32 Å². The molecule has 1 aromatic rings. The smallest absolute Gasteiger partial charge is 0.250 e. The Bertz CT molecular complexity index is 654. The van der Waals surface area contributed by atoms with Gasteiger partial charge in [-0.1, -0.05) is 25.7 Å². The van der Waals surface area contributed by atoms with Gasteiger partial charge in [-0.25, -0.2) is 0 Å². The summed E-state index contributed by atoms with van der Waals surface area (Å²) in [5.41, 5.74) is -0.580. The van der Waals surface area contributed by atoms with Crippen molar-refractivity contribution in [3.05, 3.63) is 18.5 Å². The summed E-state index contributed by atoms with van der Waals surface area (Å²) in [4.78, 5) is 30.0. The minimum Gasteiger partial charge on any atom is -0.339 e. The molecule has 28 heavy (non-hydrogen) atoms. The van der Waals surface area contributed by atoms with Gasteiger partial charge in [0, 0.05) is 45.0 Å². The minimum atomic E-state index is -0.580. The molecule has 2 saturated heterocycles. The highest BCUT2D eigenvalue weighted by atomic mass is 16.2. The fourth-order valence-electron chi connectivity index (χ4n) is 5.14. The molecule has 7 heteroatoms. The number of nitrogens with zero attached hydrogens (tertiary/aromatic N) is 4. The second-order valence-electron chi connectivity index (χ2n) is 8.59. The lowest BCUT2D eigenvalue weighted by atomic mass is 9.86. The molecule has 154 valence electrons. The summed E-state index contributed by atoms with van der Waals surface area (Å²) in [5, 5.41) is 7.76. The molecule has 3 fully saturated rings. The highest BCUT2D eigenvalue weighted by Gasteiger charge is 2.45. The summed E-state index contributed by atoms with van der Waals surface area (Å²) in [6, 6.07) is 1.89. The Hall–Kier alpha value is -1.89. The monoisotopic (exact) mass is 387 g/mol. The SMILES string of the molecule is O=C(CCC1CCCC1)N1CCN(C(=O)C2(n3cccn3)CCNCC2)CC1. The van der Waals surface area contributed by atoms with Crippen molar-refractivity contribution < 1.29 is 9.59 Å². The molecule has 4 rings (SSSR count). The van der Waals surface area contributed by atoms with Gasteiger partial charge in [0.05, 0.1) is 0 Å². The average molecular weight is 388 g/mol. The van der Waals surface area contributed by atoms with Crippen molar-refractivity contribution in [2.45, 2.75) is 56.9 Å². The molecule has 1 aromatic heterocycles. The Kier molecular flexibility index (Phi) is 5.99. The van der Waals surface area contributed by atoms with E-state index in [9.17, 15) is 9.59 Å². The highest BCUT2D eigenvalue weighted by Crippen LogP contribution is 2.31. The summed E-state index contributed by atoms with van der Waals surface area (Å²) in [6.07, 6.45) is 12.1. The van der Waals surface area contributed by atoms with Gasteiger partial charge in [-0.05, 0) is 44.3 Å².